The molecule has 25 heavy (non-hydrogen) atoms. The number of hydroxylamine groups is 2. The van der Waals surface area contributed by atoms with Crippen LogP contribution in [0.1, 0.15) is 40.5 Å². The Hall–Kier alpha value is -2.15. The minimum Gasteiger partial charge on any atom is -0.480 e. The molecule has 1 N–H and O–H groups in total. The zero-order valence-corrected chi connectivity index (χ0v) is 15.6. The first-order chi connectivity index (χ1) is 11.8. The lowest BCUT2D eigenvalue weighted by Gasteiger charge is -2.31. The number of oxime groups is 1. The molecule has 0 aromatic heterocycles. The van der Waals surface area contributed by atoms with E-state index in [1.165, 1.54) is 12.2 Å². The van der Waals surface area contributed by atoms with Crippen molar-refractivity contribution in [2.45, 2.75) is 46.6 Å². The molecule has 0 heterocycles. The predicted molar refractivity (Wildman–Crippen MR) is 96.9 cm³/mol. The van der Waals surface area contributed by atoms with Crippen LogP contribution in [0.3, 0.4) is 0 Å². The lowest BCUT2D eigenvalue weighted by atomic mass is 9.97. The fraction of sp³-hybridized carbons (Fsp3) is 0.611. The Morgan fingerprint density at radius 3 is 2.20 bits per heavy atom. The molecular formula is C18H30N2O5. The van der Waals surface area contributed by atoms with Gasteiger partial charge in [0.1, 0.15) is 12.3 Å². The summed E-state index contributed by atoms with van der Waals surface area (Å²) in [5.41, 5.74) is 0.114. The first kappa shape index (κ1) is 22.9. The molecule has 0 aliphatic rings. The fourth-order valence-corrected chi connectivity index (χ4v) is 2.00. The van der Waals surface area contributed by atoms with Crippen molar-refractivity contribution >= 4 is 17.6 Å². The third kappa shape index (κ3) is 7.09. The average Bonchev–Trinajstić information content (AvgIpc) is 2.60. The second kappa shape index (κ2) is 12.2. The molecule has 1 unspecified atom stereocenters. The van der Waals surface area contributed by atoms with Crippen molar-refractivity contribution in [2.75, 3.05) is 13.2 Å². The van der Waals surface area contributed by atoms with Gasteiger partial charge in [0.05, 0.1) is 6.61 Å². The van der Waals surface area contributed by atoms with Crippen molar-refractivity contribution in [1.82, 2.24) is 5.06 Å². The SMILES string of the molecule is C=CCO/N=C(/C(=O)N(OCC=C)[C@H](C(=O)O)[C@@H](C)CC)C(C)CC. The summed E-state index contributed by atoms with van der Waals surface area (Å²) < 4.78 is 0. The maximum atomic E-state index is 13.0. The van der Waals surface area contributed by atoms with E-state index in [4.69, 9.17) is 9.68 Å². The van der Waals surface area contributed by atoms with Crippen molar-refractivity contribution in [2.24, 2.45) is 17.0 Å². The van der Waals surface area contributed by atoms with Gasteiger partial charge in [-0.15, -0.1) is 6.58 Å². The first-order valence-electron chi connectivity index (χ1n) is 8.46. The van der Waals surface area contributed by atoms with Gasteiger partial charge in [0, 0.05) is 5.92 Å². The van der Waals surface area contributed by atoms with Crippen molar-refractivity contribution in [3.05, 3.63) is 25.3 Å². The van der Waals surface area contributed by atoms with Crippen LogP contribution in [0.25, 0.3) is 0 Å². The summed E-state index contributed by atoms with van der Waals surface area (Å²) in [4.78, 5) is 35.2. The number of hydrogen-bond acceptors (Lipinski definition) is 5. The van der Waals surface area contributed by atoms with Crippen molar-refractivity contribution in [1.29, 1.82) is 0 Å². The highest BCUT2D eigenvalue weighted by atomic mass is 16.7. The van der Waals surface area contributed by atoms with Crippen LogP contribution in [0, 0.1) is 11.8 Å². The minimum absolute atomic E-state index is 0.00720. The van der Waals surface area contributed by atoms with E-state index in [1.54, 1.807) is 6.92 Å². The molecule has 3 atom stereocenters. The quantitative estimate of drug-likeness (QED) is 0.238. The summed E-state index contributed by atoms with van der Waals surface area (Å²) in [5, 5.41) is 14.4. The van der Waals surface area contributed by atoms with Gasteiger partial charge in [-0.2, -0.15) is 0 Å². The van der Waals surface area contributed by atoms with Crippen LogP contribution < -0.4 is 0 Å². The molecule has 0 aromatic rings. The van der Waals surface area contributed by atoms with E-state index < -0.39 is 17.9 Å². The molecule has 7 heteroatoms. The molecule has 0 aromatic carbocycles. The largest absolute Gasteiger partial charge is 0.480 e. The lowest BCUT2D eigenvalue weighted by Crippen LogP contribution is -2.51. The molecule has 0 fully saturated rings. The summed E-state index contributed by atoms with van der Waals surface area (Å²) >= 11 is 0. The second-order valence-electron chi connectivity index (χ2n) is 5.75. The van der Waals surface area contributed by atoms with E-state index in [9.17, 15) is 14.7 Å². The molecule has 0 saturated heterocycles. The second-order valence-corrected chi connectivity index (χ2v) is 5.75. The number of carbonyl (C=O) groups excluding carboxylic acids is 1. The topological polar surface area (TPSA) is 88.4 Å². The van der Waals surface area contributed by atoms with E-state index in [1.807, 2.05) is 20.8 Å². The standard InChI is InChI=1S/C18H30N2O5/c1-7-11-24-19-15(13(5)9-3)17(21)20(25-12-8-2)16(18(22)23)14(6)10-4/h7-8,13-14,16H,1-2,9-12H2,3-6H3,(H,22,23)/b19-15+/t13?,14-,16-/m0/s1. The predicted octanol–water partition coefficient (Wildman–Crippen LogP) is 3.04. The molecule has 1 amide bonds. The van der Waals surface area contributed by atoms with Crippen LogP contribution in [0.4, 0.5) is 0 Å². The number of amides is 1. The number of carboxylic acids is 1. The van der Waals surface area contributed by atoms with Crippen LogP contribution in [-0.2, 0) is 19.3 Å². The molecule has 0 spiro atoms. The molecule has 0 radical (unpaired) electrons. The zero-order valence-electron chi connectivity index (χ0n) is 15.6. The van der Waals surface area contributed by atoms with E-state index in [0.29, 0.717) is 12.8 Å². The smallest absolute Gasteiger partial charge is 0.329 e. The Morgan fingerprint density at radius 1 is 1.16 bits per heavy atom. The van der Waals surface area contributed by atoms with Crippen LogP contribution in [0.15, 0.2) is 30.5 Å². The highest BCUT2D eigenvalue weighted by Crippen LogP contribution is 2.19. The Labute approximate surface area is 149 Å². The molecular weight excluding hydrogens is 324 g/mol. The Kier molecular flexibility index (Phi) is 11.2. The number of nitrogens with zero attached hydrogens (tertiary/aromatic N) is 2. The number of rotatable bonds is 13. The summed E-state index contributed by atoms with van der Waals surface area (Å²) in [7, 11) is 0. The van der Waals surface area contributed by atoms with Crippen LogP contribution >= 0.6 is 0 Å². The van der Waals surface area contributed by atoms with Gasteiger partial charge >= 0.3 is 5.97 Å². The highest BCUT2D eigenvalue weighted by molar-refractivity contribution is 6.39. The zero-order chi connectivity index (χ0) is 19.4. The molecule has 0 rings (SSSR count). The van der Waals surface area contributed by atoms with Gasteiger partial charge in [-0.25, -0.2) is 9.86 Å². The van der Waals surface area contributed by atoms with Gasteiger partial charge in [0.2, 0.25) is 0 Å². The molecule has 142 valence electrons. The third-order valence-electron chi connectivity index (χ3n) is 3.87. The van der Waals surface area contributed by atoms with Gasteiger partial charge in [0.15, 0.2) is 6.04 Å². The average molecular weight is 354 g/mol. The van der Waals surface area contributed by atoms with Crippen molar-refractivity contribution < 1.29 is 24.4 Å². The Balaban J connectivity index is 5.80. The van der Waals surface area contributed by atoms with E-state index >= 15 is 0 Å². The van der Waals surface area contributed by atoms with E-state index in [2.05, 4.69) is 18.3 Å². The summed E-state index contributed by atoms with van der Waals surface area (Å²) in [6.45, 7) is 14.6. The lowest BCUT2D eigenvalue weighted by molar-refractivity contribution is -0.202. The first-order valence-corrected chi connectivity index (χ1v) is 8.46. The molecule has 0 saturated carbocycles. The molecule has 0 aliphatic carbocycles. The van der Waals surface area contributed by atoms with Gasteiger partial charge in [-0.1, -0.05) is 58.0 Å². The van der Waals surface area contributed by atoms with Gasteiger partial charge in [-0.3, -0.25) is 9.63 Å². The number of carboxylic acid groups (broad SMARTS) is 1. The maximum absolute atomic E-state index is 13.0. The molecule has 7 nitrogen and oxygen atoms in total. The van der Waals surface area contributed by atoms with E-state index in [0.717, 1.165) is 5.06 Å². The molecule has 0 bridgehead atoms. The van der Waals surface area contributed by atoms with Crippen LogP contribution in [0.2, 0.25) is 0 Å². The number of carbonyl (C=O) groups is 2. The summed E-state index contributed by atoms with van der Waals surface area (Å²) in [6.07, 6.45) is 4.16. The number of hydrogen-bond donors (Lipinski definition) is 1. The monoisotopic (exact) mass is 354 g/mol. The number of aliphatic carboxylic acids is 1. The Bertz CT molecular complexity index is 490. The molecule has 0 aliphatic heterocycles. The van der Waals surface area contributed by atoms with Gasteiger partial charge < -0.3 is 9.94 Å². The van der Waals surface area contributed by atoms with E-state index in [-0.39, 0.29) is 30.8 Å². The minimum atomic E-state index is -1.14. The van der Waals surface area contributed by atoms with Gasteiger partial charge in [-0.05, 0) is 12.3 Å². The van der Waals surface area contributed by atoms with Crippen LogP contribution in [-0.4, -0.2) is 47.0 Å². The van der Waals surface area contributed by atoms with Crippen molar-refractivity contribution in [3.8, 4) is 0 Å². The normalized spacial score (nSPS) is 15.0. The fourth-order valence-electron chi connectivity index (χ4n) is 2.00. The van der Waals surface area contributed by atoms with Crippen LogP contribution in [0.5, 0.6) is 0 Å². The van der Waals surface area contributed by atoms with Crippen molar-refractivity contribution in [3.63, 3.8) is 0 Å². The van der Waals surface area contributed by atoms with Gasteiger partial charge in [0.25, 0.3) is 5.91 Å². The maximum Gasteiger partial charge on any atom is 0.329 e. The third-order valence-corrected chi connectivity index (χ3v) is 3.87. The highest BCUT2D eigenvalue weighted by Gasteiger charge is 2.38. The Morgan fingerprint density at radius 2 is 1.76 bits per heavy atom. The summed E-state index contributed by atoms with van der Waals surface area (Å²) in [6, 6.07) is -1.13. The summed E-state index contributed by atoms with van der Waals surface area (Å²) in [5.74, 6) is -2.28.